The first kappa shape index (κ1) is 20.9. The minimum atomic E-state index is -4.09. The number of aryl methyl sites for hydroxylation is 1. The standard InChI is InChI=1S/C23H23N3O4S/c1-15-9-11-18(12-10-15)31(29,30)26-14-17-7-5-6-8-19(17)16(2)13-20-21(26)22(27)25(4)23(28)24(20)3/h5-12H,2,13-14H2,1,3-4H3. The molecule has 0 fully saturated rings. The molecule has 0 aliphatic carbocycles. The van der Waals surface area contributed by atoms with Gasteiger partial charge >= 0.3 is 5.69 Å². The summed E-state index contributed by atoms with van der Waals surface area (Å²) >= 11 is 0. The summed E-state index contributed by atoms with van der Waals surface area (Å²) < 4.78 is 30.9. The van der Waals surface area contributed by atoms with E-state index < -0.39 is 21.3 Å². The minimum Gasteiger partial charge on any atom is -0.298 e. The summed E-state index contributed by atoms with van der Waals surface area (Å²) in [6, 6.07) is 13.9. The molecule has 3 aromatic rings. The molecule has 1 aromatic heterocycles. The molecule has 8 heteroatoms. The Bertz CT molecular complexity index is 1430. The van der Waals surface area contributed by atoms with Crippen LogP contribution < -0.4 is 15.6 Å². The SMILES string of the molecule is C=C1Cc2c(c(=O)n(C)c(=O)n2C)N(S(=O)(=O)c2ccc(C)cc2)Cc2ccccc21. The lowest BCUT2D eigenvalue weighted by Crippen LogP contribution is -2.45. The number of sulfonamides is 1. The number of benzene rings is 2. The Morgan fingerprint density at radius 3 is 2.26 bits per heavy atom. The molecule has 4 rings (SSSR count). The molecule has 2 aromatic carbocycles. The molecule has 1 aliphatic rings. The Morgan fingerprint density at radius 1 is 0.935 bits per heavy atom. The van der Waals surface area contributed by atoms with Gasteiger partial charge in [-0.2, -0.15) is 0 Å². The van der Waals surface area contributed by atoms with Crippen molar-refractivity contribution >= 4 is 21.3 Å². The first-order chi connectivity index (χ1) is 14.6. The van der Waals surface area contributed by atoms with Crippen LogP contribution >= 0.6 is 0 Å². The van der Waals surface area contributed by atoms with Crippen molar-refractivity contribution in [3.05, 3.63) is 98.3 Å². The molecule has 0 saturated heterocycles. The largest absolute Gasteiger partial charge is 0.330 e. The van der Waals surface area contributed by atoms with Gasteiger partial charge in [0.05, 0.1) is 17.1 Å². The normalized spacial score (nSPS) is 13.9. The number of anilines is 1. The summed E-state index contributed by atoms with van der Waals surface area (Å²) in [6.07, 6.45) is 0.175. The van der Waals surface area contributed by atoms with E-state index in [1.165, 1.54) is 30.8 Å². The fraction of sp³-hybridized carbons (Fsp3) is 0.217. The molecule has 7 nitrogen and oxygen atoms in total. The van der Waals surface area contributed by atoms with Gasteiger partial charge in [-0.3, -0.25) is 18.2 Å². The second kappa shape index (κ2) is 7.39. The highest BCUT2D eigenvalue weighted by atomic mass is 32.2. The molecule has 0 bridgehead atoms. The lowest BCUT2D eigenvalue weighted by atomic mass is 9.95. The van der Waals surface area contributed by atoms with Gasteiger partial charge in [-0.1, -0.05) is 48.5 Å². The molecule has 0 N–H and O–H groups in total. The van der Waals surface area contributed by atoms with Crippen molar-refractivity contribution in [3.8, 4) is 0 Å². The van der Waals surface area contributed by atoms with Gasteiger partial charge in [0.15, 0.2) is 0 Å². The lowest BCUT2D eigenvalue weighted by Gasteiger charge is -2.30. The van der Waals surface area contributed by atoms with Crippen LogP contribution in [0.1, 0.15) is 22.4 Å². The molecule has 0 spiro atoms. The Kier molecular flexibility index (Phi) is 4.97. The molecule has 0 amide bonds. The number of hydrogen-bond acceptors (Lipinski definition) is 4. The molecular weight excluding hydrogens is 414 g/mol. The molecule has 0 unspecified atom stereocenters. The summed E-state index contributed by atoms with van der Waals surface area (Å²) in [5, 5.41) is 0. The zero-order valence-corrected chi connectivity index (χ0v) is 18.4. The average Bonchev–Trinajstić information content (AvgIpc) is 2.74. The van der Waals surface area contributed by atoms with E-state index in [-0.39, 0.29) is 23.5 Å². The van der Waals surface area contributed by atoms with Gasteiger partial charge in [0.1, 0.15) is 5.69 Å². The number of hydrogen-bond donors (Lipinski definition) is 0. The maximum atomic E-state index is 13.7. The van der Waals surface area contributed by atoms with Crippen LogP contribution in [0.2, 0.25) is 0 Å². The molecule has 0 saturated carbocycles. The van der Waals surface area contributed by atoms with E-state index in [0.29, 0.717) is 11.3 Å². The maximum absolute atomic E-state index is 13.7. The fourth-order valence-corrected chi connectivity index (χ4v) is 5.37. The second-order valence-corrected chi connectivity index (χ2v) is 9.63. The third kappa shape index (κ3) is 3.33. The van der Waals surface area contributed by atoms with Crippen molar-refractivity contribution in [2.75, 3.05) is 4.31 Å². The first-order valence-corrected chi connectivity index (χ1v) is 11.2. The average molecular weight is 438 g/mol. The van der Waals surface area contributed by atoms with E-state index in [1.807, 2.05) is 31.2 Å². The number of allylic oxidation sites excluding steroid dienone is 1. The smallest absolute Gasteiger partial charge is 0.298 e. The highest BCUT2D eigenvalue weighted by Gasteiger charge is 2.33. The van der Waals surface area contributed by atoms with Gasteiger partial charge < -0.3 is 0 Å². The van der Waals surface area contributed by atoms with Crippen LogP contribution in [-0.4, -0.2) is 17.6 Å². The topological polar surface area (TPSA) is 81.4 Å². The van der Waals surface area contributed by atoms with Crippen LogP contribution in [0.4, 0.5) is 5.69 Å². The van der Waals surface area contributed by atoms with Gasteiger partial charge in [-0.15, -0.1) is 0 Å². The predicted molar refractivity (Wildman–Crippen MR) is 121 cm³/mol. The molecule has 0 radical (unpaired) electrons. The summed E-state index contributed by atoms with van der Waals surface area (Å²) in [5.74, 6) is 0. The van der Waals surface area contributed by atoms with E-state index in [9.17, 15) is 18.0 Å². The van der Waals surface area contributed by atoms with Crippen LogP contribution in [0.5, 0.6) is 0 Å². The van der Waals surface area contributed by atoms with E-state index in [4.69, 9.17) is 0 Å². The Hall–Kier alpha value is -3.39. The van der Waals surface area contributed by atoms with Crippen LogP contribution in [0, 0.1) is 6.92 Å². The van der Waals surface area contributed by atoms with Gasteiger partial charge in [-0.25, -0.2) is 13.2 Å². The van der Waals surface area contributed by atoms with E-state index >= 15 is 0 Å². The van der Waals surface area contributed by atoms with E-state index in [2.05, 4.69) is 6.58 Å². The van der Waals surface area contributed by atoms with Gasteiger partial charge in [0.2, 0.25) is 0 Å². The minimum absolute atomic E-state index is 0.0270. The number of aromatic nitrogens is 2. The molecular formula is C23H23N3O4S. The van der Waals surface area contributed by atoms with Crippen LogP contribution in [-0.2, 0) is 37.1 Å². The maximum Gasteiger partial charge on any atom is 0.330 e. The molecule has 31 heavy (non-hydrogen) atoms. The van der Waals surface area contributed by atoms with E-state index in [0.717, 1.165) is 25.6 Å². The van der Waals surface area contributed by atoms with Crippen LogP contribution in [0.15, 0.2) is 69.6 Å². The van der Waals surface area contributed by atoms with Crippen LogP contribution in [0.25, 0.3) is 5.57 Å². The fourth-order valence-electron chi connectivity index (χ4n) is 3.90. The summed E-state index contributed by atoms with van der Waals surface area (Å²) in [5.41, 5.74) is 2.32. The summed E-state index contributed by atoms with van der Waals surface area (Å²) in [4.78, 5) is 25.9. The third-order valence-electron chi connectivity index (χ3n) is 5.71. The van der Waals surface area contributed by atoms with E-state index in [1.54, 1.807) is 12.1 Å². The first-order valence-electron chi connectivity index (χ1n) is 9.77. The number of fused-ring (bicyclic) bond motifs is 2. The molecule has 1 aliphatic heterocycles. The quantitative estimate of drug-likeness (QED) is 0.616. The molecule has 2 heterocycles. The second-order valence-electron chi connectivity index (χ2n) is 7.76. The summed E-state index contributed by atoms with van der Waals surface area (Å²) in [6.45, 7) is 5.96. The van der Waals surface area contributed by atoms with Gasteiger partial charge in [0, 0.05) is 20.5 Å². The lowest BCUT2D eigenvalue weighted by molar-refractivity contribution is 0.587. The van der Waals surface area contributed by atoms with Crippen LogP contribution in [0.3, 0.4) is 0 Å². The predicted octanol–water partition coefficient (Wildman–Crippen LogP) is 2.36. The zero-order chi connectivity index (χ0) is 22.5. The van der Waals surface area contributed by atoms with Gasteiger partial charge in [-0.05, 0) is 35.8 Å². The number of rotatable bonds is 2. The zero-order valence-electron chi connectivity index (χ0n) is 17.6. The number of nitrogens with zero attached hydrogens (tertiary/aromatic N) is 3. The highest BCUT2D eigenvalue weighted by Crippen LogP contribution is 2.33. The van der Waals surface area contributed by atoms with Crippen molar-refractivity contribution < 1.29 is 8.42 Å². The third-order valence-corrected chi connectivity index (χ3v) is 7.47. The Labute approximate surface area is 180 Å². The monoisotopic (exact) mass is 437 g/mol. The Morgan fingerprint density at radius 2 is 1.58 bits per heavy atom. The molecule has 0 atom stereocenters. The van der Waals surface area contributed by atoms with Crippen molar-refractivity contribution in [3.63, 3.8) is 0 Å². The van der Waals surface area contributed by atoms with Crippen molar-refractivity contribution in [1.82, 2.24) is 9.13 Å². The van der Waals surface area contributed by atoms with Crippen molar-refractivity contribution in [1.29, 1.82) is 0 Å². The highest BCUT2D eigenvalue weighted by molar-refractivity contribution is 7.92. The summed E-state index contributed by atoms with van der Waals surface area (Å²) in [7, 11) is -1.20. The van der Waals surface area contributed by atoms with Gasteiger partial charge in [0.25, 0.3) is 15.6 Å². The van der Waals surface area contributed by atoms with Crippen molar-refractivity contribution in [2.24, 2.45) is 14.1 Å². The Balaban J connectivity index is 2.07. The molecule has 160 valence electrons. The van der Waals surface area contributed by atoms with Crippen molar-refractivity contribution in [2.45, 2.75) is 24.8 Å².